The Morgan fingerprint density at radius 2 is 1.31 bits per heavy atom. The molecule has 0 amide bonds. The summed E-state index contributed by atoms with van der Waals surface area (Å²) in [4.78, 5) is 23.1. The van der Waals surface area contributed by atoms with Crippen molar-refractivity contribution >= 4 is 11.6 Å². The smallest absolute Gasteiger partial charge is 0.205 e. The minimum atomic E-state index is -0.0721. The highest BCUT2D eigenvalue weighted by Gasteiger charge is 2.26. The maximum absolute atomic E-state index is 11.6. The quantitative estimate of drug-likeness (QED) is 0.610. The topological polar surface area (TPSA) is 46.2 Å². The first-order valence-corrected chi connectivity index (χ1v) is 4.16. The van der Waals surface area contributed by atoms with Crippen LogP contribution in [0.5, 0.6) is 0 Å². The van der Waals surface area contributed by atoms with Crippen molar-refractivity contribution in [1.82, 2.24) is 5.32 Å². The van der Waals surface area contributed by atoms with Crippen molar-refractivity contribution in [1.29, 1.82) is 0 Å². The van der Waals surface area contributed by atoms with E-state index in [1.165, 1.54) is 0 Å². The van der Waals surface area contributed by atoms with Gasteiger partial charge in [-0.25, -0.2) is 0 Å². The lowest BCUT2D eigenvalue weighted by molar-refractivity contribution is -0.116. The number of allylic oxidation sites excluding steroid dienone is 3. The Hall–Kier alpha value is -1.38. The number of nitrogens with one attached hydrogen (secondary N) is 1. The van der Waals surface area contributed by atoms with Gasteiger partial charge in [0.2, 0.25) is 5.78 Å². The zero-order chi connectivity index (χ0) is 10.2. The van der Waals surface area contributed by atoms with Crippen LogP contribution in [-0.2, 0) is 9.59 Å². The maximum Gasteiger partial charge on any atom is 0.205 e. The summed E-state index contributed by atoms with van der Waals surface area (Å²) in [6.07, 6.45) is 0. The second-order valence-electron chi connectivity index (χ2n) is 3.16. The average Bonchev–Trinajstić information content (AvgIpc) is 2.13. The van der Waals surface area contributed by atoms with Gasteiger partial charge in [0, 0.05) is 23.8 Å². The summed E-state index contributed by atoms with van der Waals surface area (Å²) in [6, 6.07) is 0. The van der Waals surface area contributed by atoms with Gasteiger partial charge >= 0.3 is 0 Å². The number of carbonyl (C=O) groups is 2. The molecule has 70 valence electrons. The molecule has 0 saturated carbocycles. The fraction of sp³-hybridized carbons (Fsp3) is 0.400. The second-order valence-corrected chi connectivity index (χ2v) is 3.16. The summed E-state index contributed by atoms with van der Waals surface area (Å²) >= 11 is 0. The molecule has 0 atom stereocenters. The summed E-state index contributed by atoms with van der Waals surface area (Å²) in [6.45, 7) is 5.03. The van der Waals surface area contributed by atoms with E-state index in [9.17, 15) is 9.59 Å². The second kappa shape index (κ2) is 3.17. The molecule has 1 aliphatic carbocycles. The summed E-state index contributed by atoms with van der Waals surface area (Å²) in [5, 5.41) is 2.76. The van der Waals surface area contributed by atoms with Gasteiger partial charge in [0.15, 0.2) is 5.78 Å². The molecule has 0 aromatic heterocycles. The predicted octanol–water partition coefficient (Wildman–Crippen LogP) is 0.968. The van der Waals surface area contributed by atoms with Crippen LogP contribution in [0.4, 0.5) is 0 Å². The van der Waals surface area contributed by atoms with E-state index in [4.69, 9.17) is 0 Å². The van der Waals surface area contributed by atoms with Gasteiger partial charge in [-0.1, -0.05) is 0 Å². The van der Waals surface area contributed by atoms with Crippen molar-refractivity contribution < 1.29 is 9.59 Å². The molecule has 3 heteroatoms. The van der Waals surface area contributed by atoms with E-state index in [2.05, 4.69) is 5.32 Å². The minimum Gasteiger partial charge on any atom is -0.385 e. The van der Waals surface area contributed by atoms with Gasteiger partial charge in [-0.3, -0.25) is 9.59 Å². The van der Waals surface area contributed by atoms with Crippen molar-refractivity contribution in [2.24, 2.45) is 0 Å². The van der Waals surface area contributed by atoms with E-state index >= 15 is 0 Å². The van der Waals surface area contributed by atoms with E-state index < -0.39 is 0 Å². The highest BCUT2D eigenvalue weighted by molar-refractivity contribution is 6.24. The SMILES string of the molecule is CNC1=C(C)C(=O)C(C)=C(C)C1=O. The third kappa shape index (κ3) is 1.30. The van der Waals surface area contributed by atoms with Crippen LogP contribution in [0.2, 0.25) is 0 Å². The van der Waals surface area contributed by atoms with E-state index in [0.717, 1.165) is 0 Å². The van der Waals surface area contributed by atoms with Crippen molar-refractivity contribution in [2.75, 3.05) is 7.05 Å². The van der Waals surface area contributed by atoms with Crippen LogP contribution < -0.4 is 5.32 Å². The minimum absolute atomic E-state index is 0.0403. The molecule has 0 unspecified atom stereocenters. The molecular weight excluding hydrogens is 166 g/mol. The first-order chi connectivity index (χ1) is 6.00. The molecule has 1 aliphatic rings. The number of carbonyl (C=O) groups excluding carboxylic acids is 2. The average molecular weight is 179 g/mol. The third-order valence-corrected chi connectivity index (χ3v) is 2.44. The van der Waals surface area contributed by atoms with Gasteiger partial charge in [-0.05, 0) is 20.8 Å². The number of Topliss-reactive ketones (excluding diaryl/α,β-unsaturated/α-hetero) is 2. The van der Waals surface area contributed by atoms with Crippen molar-refractivity contribution in [3.8, 4) is 0 Å². The largest absolute Gasteiger partial charge is 0.385 e. The molecular formula is C10H13NO2. The molecule has 0 aromatic rings. The zero-order valence-corrected chi connectivity index (χ0v) is 8.32. The van der Waals surface area contributed by atoms with Crippen LogP contribution in [0, 0.1) is 0 Å². The molecule has 13 heavy (non-hydrogen) atoms. The number of hydrogen-bond donors (Lipinski definition) is 1. The van der Waals surface area contributed by atoms with Crippen LogP contribution in [0.15, 0.2) is 22.4 Å². The lowest BCUT2D eigenvalue weighted by Crippen LogP contribution is -2.27. The predicted molar refractivity (Wildman–Crippen MR) is 50.1 cm³/mol. The van der Waals surface area contributed by atoms with E-state index in [0.29, 0.717) is 22.4 Å². The van der Waals surface area contributed by atoms with Crippen molar-refractivity contribution in [3.05, 3.63) is 22.4 Å². The van der Waals surface area contributed by atoms with E-state index in [1.807, 2.05) is 0 Å². The summed E-state index contributed by atoms with van der Waals surface area (Å²) in [5.74, 6) is -0.112. The third-order valence-electron chi connectivity index (χ3n) is 2.44. The number of likely N-dealkylation sites (N-methyl/N-ethyl adjacent to an activating group) is 1. The van der Waals surface area contributed by atoms with Gasteiger partial charge in [0.25, 0.3) is 0 Å². The van der Waals surface area contributed by atoms with Crippen molar-refractivity contribution in [3.63, 3.8) is 0 Å². The maximum atomic E-state index is 11.6. The molecule has 0 aromatic carbocycles. The Labute approximate surface area is 77.5 Å². The fourth-order valence-corrected chi connectivity index (χ4v) is 1.39. The molecule has 0 bridgehead atoms. The van der Waals surface area contributed by atoms with Gasteiger partial charge in [0.05, 0.1) is 5.70 Å². The van der Waals surface area contributed by atoms with Crippen LogP contribution in [0.3, 0.4) is 0 Å². The van der Waals surface area contributed by atoms with Gasteiger partial charge in [0.1, 0.15) is 0 Å². The first-order valence-electron chi connectivity index (χ1n) is 4.16. The monoisotopic (exact) mass is 179 g/mol. The van der Waals surface area contributed by atoms with Crippen LogP contribution >= 0.6 is 0 Å². The summed E-state index contributed by atoms with van der Waals surface area (Å²) < 4.78 is 0. The van der Waals surface area contributed by atoms with Crippen LogP contribution in [-0.4, -0.2) is 18.6 Å². The molecule has 0 fully saturated rings. The van der Waals surface area contributed by atoms with E-state index in [-0.39, 0.29) is 11.6 Å². The van der Waals surface area contributed by atoms with Crippen LogP contribution in [0.25, 0.3) is 0 Å². The van der Waals surface area contributed by atoms with Crippen LogP contribution in [0.1, 0.15) is 20.8 Å². The Balaban J connectivity index is 3.29. The van der Waals surface area contributed by atoms with E-state index in [1.54, 1.807) is 27.8 Å². The standard InChI is InChI=1S/C10H13NO2/c1-5-6(2)10(13)8(11-4)7(3)9(5)12/h11H,1-4H3. The lowest BCUT2D eigenvalue weighted by atomic mass is 9.89. The Kier molecular flexibility index (Phi) is 2.36. The van der Waals surface area contributed by atoms with Gasteiger partial charge in [-0.15, -0.1) is 0 Å². The first kappa shape index (κ1) is 9.71. The normalized spacial score (nSPS) is 18.5. The molecule has 0 spiro atoms. The molecule has 0 saturated heterocycles. The van der Waals surface area contributed by atoms with Gasteiger partial charge < -0.3 is 5.32 Å². The molecule has 0 aliphatic heterocycles. The molecule has 0 radical (unpaired) electrons. The van der Waals surface area contributed by atoms with Crippen molar-refractivity contribution in [2.45, 2.75) is 20.8 Å². The molecule has 1 N–H and O–H groups in total. The Morgan fingerprint density at radius 3 is 1.77 bits per heavy atom. The Bertz CT molecular complexity index is 348. The number of hydrogen-bond acceptors (Lipinski definition) is 3. The Morgan fingerprint density at radius 1 is 0.846 bits per heavy atom. The number of rotatable bonds is 1. The summed E-state index contributed by atoms with van der Waals surface area (Å²) in [5.41, 5.74) is 2.03. The highest BCUT2D eigenvalue weighted by atomic mass is 16.1. The van der Waals surface area contributed by atoms with Gasteiger partial charge in [-0.2, -0.15) is 0 Å². The highest BCUT2D eigenvalue weighted by Crippen LogP contribution is 2.21. The summed E-state index contributed by atoms with van der Waals surface area (Å²) in [7, 11) is 1.65. The lowest BCUT2D eigenvalue weighted by Gasteiger charge is -2.17. The fourth-order valence-electron chi connectivity index (χ4n) is 1.39. The zero-order valence-electron chi connectivity index (χ0n) is 8.32. The molecule has 0 heterocycles. The number of ketones is 2. The molecule has 3 nitrogen and oxygen atoms in total. The molecule has 1 rings (SSSR count).